The molecule has 1 aliphatic rings. The number of furan rings is 1. The molecule has 1 aromatic heterocycles. The lowest BCUT2D eigenvalue weighted by molar-refractivity contribution is 0.562. The van der Waals surface area contributed by atoms with Crippen LogP contribution in [-0.4, -0.2) is 0 Å². The van der Waals surface area contributed by atoms with Crippen molar-refractivity contribution >= 4 is 5.69 Å². The minimum absolute atomic E-state index is 0.126. The number of benzene rings is 1. The summed E-state index contributed by atoms with van der Waals surface area (Å²) >= 11 is 0. The van der Waals surface area contributed by atoms with E-state index in [2.05, 4.69) is 35.8 Å². The van der Waals surface area contributed by atoms with E-state index in [0.29, 0.717) is 0 Å². The van der Waals surface area contributed by atoms with Gasteiger partial charge in [-0.2, -0.15) is 0 Å². The summed E-state index contributed by atoms with van der Waals surface area (Å²) in [5, 5.41) is 3.50. The highest BCUT2D eigenvalue weighted by molar-refractivity contribution is 5.59. The van der Waals surface area contributed by atoms with Gasteiger partial charge in [-0.3, -0.25) is 0 Å². The Kier molecular flexibility index (Phi) is 2.36. The standard InChI is InChI=1S/C15H13NO/c1-2-11-9-12-5-3-4-6-14(12)16-15(11)13-7-8-17-10-13/h3-8,10,15-16H,1,9H2. The SMILES string of the molecule is C=C=C1Cc2ccccc2NC1c1ccoc1. The van der Waals surface area contributed by atoms with E-state index in [-0.39, 0.29) is 6.04 Å². The molecule has 1 aliphatic heterocycles. The maximum atomic E-state index is 5.15. The van der Waals surface area contributed by atoms with Crippen LogP contribution in [0.3, 0.4) is 0 Å². The molecule has 2 aromatic rings. The minimum atomic E-state index is 0.126. The molecule has 0 spiro atoms. The molecule has 1 aromatic carbocycles. The highest BCUT2D eigenvalue weighted by Gasteiger charge is 2.23. The van der Waals surface area contributed by atoms with Crippen molar-refractivity contribution in [2.45, 2.75) is 12.5 Å². The van der Waals surface area contributed by atoms with Gasteiger partial charge in [-0.25, -0.2) is 0 Å². The third-order valence-corrected chi connectivity index (χ3v) is 3.15. The van der Waals surface area contributed by atoms with Gasteiger partial charge in [0.05, 0.1) is 18.6 Å². The molecule has 1 atom stereocenters. The van der Waals surface area contributed by atoms with Crippen LogP contribution in [0.25, 0.3) is 0 Å². The first kappa shape index (κ1) is 10.0. The van der Waals surface area contributed by atoms with Crippen molar-refractivity contribution in [3.63, 3.8) is 0 Å². The van der Waals surface area contributed by atoms with Gasteiger partial charge in [-0.1, -0.05) is 24.8 Å². The molecule has 0 saturated carbocycles. The van der Waals surface area contributed by atoms with Gasteiger partial charge in [-0.05, 0) is 17.7 Å². The lowest BCUT2D eigenvalue weighted by Gasteiger charge is -2.28. The molecule has 0 radical (unpaired) electrons. The first-order chi connectivity index (χ1) is 8.38. The molecule has 0 fully saturated rings. The Balaban J connectivity index is 2.05. The zero-order valence-electron chi connectivity index (χ0n) is 9.44. The summed E-state index contributed by atoms with van der Waals surface area (Å²) in [6.45, 7) is 3.78. The fourth-order valence-corrected chi connectivity index (χ4v) is 2.25. The predicted molar refractivity (Wildman–Crippen MR) is 67.9 cm³/mol. The van der Waals surface area contributed by atoms with Crippen molar-refractivity contribution < 1.29 is 4.42 Å². The van der Waals surface area contributed by atoms with Crippen LogP contribution in [0.5, 0.6) is 0 Å². The monoisotopic (exact) mass is 223 g/mol. The first-order valence-electron chi connectivity index (χ1n) is 5.64. The Morgan fingerprint density at radius 3 is 2.94 bits per heavy atom. The van der Waals surface area contributed by atoms with Gasteiger partial charge >= 0.3 is 0 Å². The van der Waals surface area contributed by atoms with Gasteiger partial charge in [0, 0.05) is 23.2 Å². The molecule has 0 saturated heterocycles. The molecule has 84 valence electrons. The van der Waals surface area contributed by atoms with Crippen molar-refractivity contribution in [2.24, 2.45) is 0 Å². The number of nitrogens with one attached hydrogen (secondary N) is 1. The number of hydrogen-bond acceptors (Lipinski definition) is 2. The molecule has 17 heavy (non-hydrogen) atoms. The molecule has 2 heteroatoms. The number of hydrogen-bond donors (Lipinski definition) is 1. The van der Waals surface area contributed by atoms with Gasteiger partial charge in [-0.15, -0.1) is 5.73 Å². The zero-order chi connectivity index (χ0) is 11.7. The lowest BCUT2D eigenvalue weighted by atomic mass is 9.90. The molecule has 2 heterocycles. The highest BCUT2D eigenvalue weighted by atomic mass is 16.3. The van der Waals surface area contributed by atoms with E-state index in [1.54, 1.807) is 12.5 Å². The van der Waals surface area contributed by atoms with Crippen molar-refractivity contribution in [1.82, 2.24) is 0 Å². The third kappa shape index (κ3) is 1.69. The normalized spacial score (nSPS) is 18.1. The second-order valence-electron chi connectivity index (χ2n) is 4.17. The largest absolute Gasteiger partial charge is 0.472 e. The van der Waals surface area contributed by atoms with Crippen molar-refractivity contribution in [3.8, 4) is 0 Å². The van der Waals surface area contributed by atoms with Crippen LogP contribution in [0.15, 0.2) is 65.2 Å². The number of anilines is 1. The van der Waals surface area contributed by atoms with Gasteiger partial charge < -0.3 is 9.73 Å². The Morgan fingerprint density at radius 2 is 2.18 bits per heavy atom. The molecule has 0 bridgehead atoms. The molecule has 0 aliphatic carbocycles. The number of fused-ring (bicyclic) bond motifs is 1. The van der Waals surface area contributed by atoms with Crippen molar-refractivity contribution in [1.29, 1.82) is 0 Å². The molecule has 1 N–H and O–H groups in total. The van der Waals surface area contributed by atoms with Gasteiger partial charge in [0.25, 0.3) is 0 Å². The average Bonchev–Trinajstić information content (AvgIpc) is 2.91. The molecule has 0 amide bonds. The third-order valence-electron chi connectivity index (χ3n) is 3.15. The molecular weight excluding hydrogens is 210 g/mol. The first-order valence-corrected chi connectivity index (χ1v) is 5.64. The highest BCUT2D eigenvalue weighted by Crippen LogP contribution is 2.35. The summed E-state index contributed by atoms with van der Waals surface area (Å²) in [5.74, 6) is 0. The van der Waals surface area contributed by atoms with Crippen LogP contribution in [0.4, 0.5) is 5.69 Å². The smallest absolute Gasteiger partial charge is 0.0958 e. The summed E-state index contributed by atoms with van der Waals surface area (Å²) < 4.78 is 5.15. The summed E-state index contributed by atoms with van der Waals surface area (Å²) in [5.41, 5.74) is 7.79. The Morgan fingerprint density at radius 1 is 1.29 bits per heavy atom. The van der Waals surface area contributed by atoms with E-state index in [0.717, 1.165) is 17.6 Å². The van der Waals surface area contributed by atoms with Crippen LogP contribution in [0.2, 0.25) is 0 Å². The van der Waals surface area contributed by atoms with Crippen LogP contribution in [0, 0.1) is 0 Å². The Bertz CT molecular complexity index is 577. The predicted octanol–water partition coefficient (Wildman–Crippen LogP) is 3.70. The molecular formula is C15H13NO. The fourth-order valence-electron chi connectivity index (χ4n) is 2.25. The van der Waals surface area contributed by atoms with Crippen molar-refractivity contribution in [3.05, 3.63) is 71.9 Å². The van der Waals surface area contributed by atoms with E-state index in [9.17, 15) is 0 Å². The van der Waals surface area contributed by atoms with Crippen molar-refractivity contribution in [2.75, 3.05) is 5.32 Å². The summed E-state index contributed by atoms with van der Waals surface area (Å²) in [6.07, 6.45) is 4.35. The molecule has 3 rings (SSSR count). The van der Waals surface area contributed by atoms with E-state index in [1.165, 1.54) is 11.3 Å². The van der Waals surface area contributed by atoms with Gasteiger partial charge in [0.1, 0.15) is 0 Å². The van der Waals surface area contributed by atoms with Crippen LogP contribution >= 0.6 is 0 Å². The zero-order valence-corrected chi connectivity index (χ0v) is 9.44. The maximum Gasteiger partial charge on any atom is 0.0958 e. The Labute approximate surface area is 100 Å². The van der Waals surface area contributed by atoms with E-state index >= 15 is 0 Å². The number of para-hydroxylation sites is 1. The van der Waals surface area contributed by atoms with E-state index < -0.39 is 0 Å². The summed E-state index contributed by atoms with van der Waals surface area (Å²) in [7, 11) is 0. The van der Waals surface area contributed by atoms with Crippen LogP contribution < -0.4 is 5.32 Å². The summed E-state index contributed by atoms with van der Waals surface area (Å²) in [6, 6.07) is 10.4. The van der Waals surface area contributed by atoms with Crippen LogP contribution in [-0.2, 0) is 6.42 Å². The van der Waals surface area contributed by atoms with E-state index in [1.807, 2.05) is 12.1 Å². The maximum absolute atomic E-state index is 5.15. The number of rotatable bonds is 1. The summed E-state index contributed by atoms with van der Waals surface area (Å²) in [4.78, 5) is 0. The Hall–Kier alpha value is -2.18. The second-order valence-corrected chi connectivity index (χ2v) is 4.17. The van der Waals surface area contributed by atoms with Gasteiger partial charge in [0.2, 0.25) is 0 Å². The van der Waals surface area contributed by atoms with E-state index in [4.69, 9.17) is 4.42 Å². The minimum Gasteiger partial charge on any atom is -0.472 e. The van der Waals surface area contributed by atoms with Crippen LogP contribution in [0.1, 0.15) is 17.2 Å². The fraction of sp³-hybridized carbons (Fsp3) is 0.133. The second kappa shape index (κ2) is 4.00. The lowest BCUT2D eigenvalue weighted by Crippen LogP contribution is -2.19. The quantitative estimate of drug-likeness (QED) is 0.746. The molecule has 1 unspecified atom stereocenters. The average molecular weight is 223 g/mol. The molecule has 2 nitrogen and oxygen atoms in total. The van der Waals surface area contributed by atoms with Gasteiger partial charge in [0.15, 0.2) is 0 Å². The topological polar surface area (TPSA) is 25.2 Å².